The van der Waals surface area contributed by atoms with Crippen LogP contribution in [0.3, 0.4) is 0 Å². The minimum atomic E-state index is -0.909. The Hall–Kier alpha value is -0.185. The van der Waals surface area contributed by atoms with Crippen LogP contribution >= 0.6 is 0 Å². The van der Waals surface area contributed by atoms with Gasteiger partial charge in [-0.25, -0.2) is 4.74 Å². The normalized spacial score (nSPS) is 23.2. The third-order valence-corrected chi connectivity index (χ3v) is 4.42. The van der Waals surface area contributed by atoms with Crippen molar-refractivity contribution < 1.29 is 14.5 Å². The number of hydrogen-bond donors (Lipinski definition) is 1. The molecule has 3 nitrogen and oxygen atoms in total. The van der Waals surface area contributed by atoms with Crippen LogP contribution in [0.5, 0.6) is 0 Å². The maximum atomic E-state index is 9.99. The van der Waals surface area contributed by atoms with Gasteiger partial charge in [0.05, 0.1) is 11.2 Å². The molecule has 0 bridgehead atoms. The van der Waals surface area contributed by atoms with Crippen molar-refractivity contribution in [1.29, 1.82) is 0 Å². The predicted octanol–water partition coefficient (Wildman–Crippen LogP) is 2.50. The molecule has 0 aromatic carbocycles. The van der Waals surface area contributed by atoms with Gasteiger partial charge in [-0.05, 0) is 55.4 Å². The second kappa shape index (κ2) is 3.90. The summed E-state index contributed by atoms with van der Waals surface area (Å²) in [5.41, 5.74) is -1.77. The summed E-state index contributed by atoms with van der Waals surface area (Å²) in [5, 5.41) is 9.99. The lowest BCUT2D eigenvalue weighted by molar-refractivity contribution is -0.202. The average molecular weight is 240 g/mol. The highest BCUT2D eigenvalue weighted by Gasteiger charge is 2.69. The Morgan fingerprint density at radius 1 is 1.12 bits per heavy atom. The lowest BCUT2D eigenvalue weighted by Crippen LogP contribution is -2.61. The largest absolute Gasteiger partial charge is 0.643 e. The molecule has 0 unspecified atom stereocenters. The van der Waals surface area contributed by atoms with Crippen molar-refractivity contribution in [3.05, 3.63) is 6.00 Å². The molecule has 0 aromatic rings. The highest BCUT2D eigenvalue weighted by atomic mass is 16.6. The fourth-order valence-corrected chi connectivity index (χ4v) is 1.30. The van der Waals surface area contributed by atoms with Crippen LogP contribution in [0.2, 0.25) is 0 Å². The van der Waals surface area contributed by atoms with E-state index in [0.29, 0.717) is 0 Å². The van der Waals surface area contributed by atoms with Crippen LogP contribution in [0.4, 0.5) is 0 Å². The van der Waals surface area contributed by atoms with Gasteiger partial charge in [0.2, 0.25) is 6.00 Å². The Balaban J connectivity index is 2.55. The summed E-state index contributed by atoms with van der Waals surface area (Å²) in [4.78, 5) is 0. The Morgan fingerprint density at radius 3 is 1.88 bits per heavy atom. The molecule has 1 saturated heterocycles. The maximum absolute atomic E-state index is 9.99. The lowest BCUT2D eigenvalue weighted by atomic mass is 9.58. The maximum Gasteiger partial charge on any atom is 0.643 e. The molecule has 1 heterocycles. The zero-order valence-electron chi connectivity index (χ0n) is 12.3. The van der Waals surface area contributed by atoms with Gasteiger partial charge in [0.1, 0.15) is 0 Å². The predicted molar refractivity (Wildman–Crippen MR) is 69.4 cm³/mol. The molecular weight excluding hydrogens is 215 g/mol. The van der Waals surface area contributed by atoms with Gasteiger partial charge < -0.3 is 9.76 Å². The molecule has 17 heavy (non-hydrogen) atoms. The molecule has 1 aliphatic rings. The standard InChI is InChI=1S/C13H25BO3/c1-10(2)9(16-12(10,5)6)14-17-13(7,8)11(3,4)15/h15H,1-8H3/q+1. The van der Waals surface area contributed by atoms with E-state index in [1.807, 2.05) is 13.8 Å². The van der Waals surface area contributed by atoms with E-state index in [9.17, 15) is 5.11 Å². The van der Waals surface area contributed by atoms with E-state index < -0.39 is 11.2 Å². The van der Waals surface area contributed by atoms with Crippen molar-refractivity contribution in [2.45, 2.75) is 72.2 Å². The highest BCUT2D eigenvalue weighted by molar-refractivity contribution is 6.35. The first kappa shape index (κ1) is 14.9. The number of ether oxygens (including phenoxy) is 1. The van der Waals surface area contributed by atoms with Crippen LogP contribution in [0.1, 0.15) is 55.4 Å². The molecule has 97 valence electrons. The minimum Gasteiger partial charge on any atom is -0.388 e. The summed E-state index contributed by atoms with van der Waals surface area (Å²) in [6.07, 6.45) is 0. The van der Waals surface area contributed by atoms with Crippen LogP contribution in [-0.2, 0) is 9.39 Å². The number of hydrogen-bond acceptors (Lipinski definition) is 3. The van der Waals surface area contributed by atoms with Crippen LogP contribution in [0.25, 0.3) is 0 Å². The van der Waals surface area contributed by atoms with Gasteiger partial charge in [-0.2, -0.15) is 0 Å². The smallest absolute Gasteiger partial charge is 0.388 e. The van der Waals surface area contributed by atoms with Crippen molar-refractivity contribution in [3.63, 3.8) is 0 Å². The lowest BCUT2D eigenvalue weighted by Gasteiger charge is -2.47. The first-order valence-corrected chi connectivity index (χ1v) is 6.11. The fraction of sp³-hybridized carbons (Fsp3) is 0.923. The van der Waals surface area contributed by atoms with Gasteiger partial charge in [-0.15, -0.1) is 0 Å². The third-order valence-electron chi connectivity index (χ3n) is 4.42. The second-order valence-corrected chi connectivity index (χ2v) is 6.91. The highest BCUT2D eigenvalue weighted by Crippen LogP contribution is 2.53. The summed E-state index contributed by atoms with van der Waals surface area (Å²) >= 11 is 0. The molecule has 1 radical (unpaired) electrons. The van der Waals surface area contributed by atoms with Gasteiger partial charge >= 0.3 is 7.48 Å². The van der Waals surface area contributed by atoms with Crippen LogP contribution in [-0.4, -0.2) is 29.4 Å². The molecule has 1 aliphatic heterocycles. The SMILES string of the molecule is CC(C)(O)C(C)(C)O[B][C+]1OC(C)(C)C1(C)C. The number of rotatable bonds is 4. The molecule has 1 N–H and O–H groups in total. The first-order chi connectivity index (χ1) is 7.31. The van der Waals surface area contributed by atoms with Crippen molar-refractivity contribution >= 4 is 7.48 Å². The molecular formula is C13H25BO3+. The van der Waals surface area contributed by atoms with E-state index in [1.165, 1.54) is 0 Å². The van der Waals surface area contributed by atoms with Gasteiger partial charge in [-0.1, -0.05) is 0 Å². The quantitative estimate of drug-likeness (QED) is 0.606. The van der Waals surface area contributed by atoms with Gasteiger partial charge in [-0.3, -0.25) is 0 Å². The molecule has 0 aliphatic carbocycles. The van der Waals surface area contributed by atoms with E-state index in [0.717, 1.165) is 6.00 Å². The minimum absolute atomic E-state index is 0.0390. The number of aliphatic hydroxyl groups is 1. The summed E-state index contributed by atoms with van der Waals surface area (Å²) in [5.74, 6) is 0. The van der Waals surface area contributed by atoms with Crippen LogP contribution < -0.4 is 0 Å². The van der Waals surface area contributed by atoms with Gasteiger partial charge in [0, 0.05) is 0 Å². The van der Waals surface area contributed by atoms with E-state index in [-0.39, 0.29) is 11.0 Å². The summed E-state index contributed by atoms with van der Waals surface area (Å²) in [6.45, 7) is 15.6. The monoisotopic (exact) mass is 240 g/mol. The van der Waals surface area contributed by atoms with Crippen molar-refractivity contribution in [1.82, 2.24) is 0 Å². The van der Waals surface area contributed by atoms with Crippen molar-refractivity contribution in [3.8, 4) is 0 Å². The second-order valence-electron chi connectivity index (χ2n) is 6.91. The van der Waals surface area contributed by atoms with E-state index >= 15 is 0 Å². The Labute approximate surface area is 106 Å². The van der Waals surface area contributed by atoms with E-state index in [4.69, 9.17) is 9.39 Å². The zero-order chi connectivity index (χ0) is 13.7. The molecule has 0 spiro atoms. The Bertz CT molecular complexity index is 290. The summed E-state index contributed by atoms with van der Waals surface area (Å²) < 4.78 is 11.4. The van der Waals surface area contributed by atoms with E-state index in [1.54, 1.807) is 21.3 Å². The van der Waals surface area contributed by atoms with Crippen molar-refractivity contribution in [2.24, 2.45) is 5.41 Å². The average Bonchev–Trinajstić information content (AvgIpc) is 2.10. The summed E-state index contributed by atoms with van der Waals surface area (Å²) in [7, 11) is 1.64. The molecule has 0 saturated carbocycles. The Morgan fingerprint density at radius 2 is 1.59 bits per heavy atom. The van der Waals surface area contributed by atoms with Crippen LogP contribution in [0.15, 0.2) is 0 Å². The van der Waals surface area contributed by atoms with Gasteiger partial charge in [0.15, 0.2) is 11.0 Å². The zero-order valence-corrected chi connectivity index (χ0v) is 12.3. The molecule has 0 amide bonds. The molecule has 0 aromatic heterocycles. The van der Waals surface area contributed by atoms with Crippen LogP contribution in [0, 0.1) is 11.4 Å². The fourth-order valence-electron chi connectivity index (χ4n) is 1.30. The van der Waals surface area contributed by atoms with Crippen molar-refractivity contribution in [2.75, 3.05) is 0 Å². The topological polar surface area (TPSA) is 38.7 Å². The molecule has 0 atom stereocenters. The van der Waals surface area contributed by atoms with E-state index in [2.05, 4.69) is 27.7 Å². The molecule has 1 rings (SSSR count). The molecule has 4 heteroatoms. The summed E-state index contributed by atoms with van der Waals surface area (Å²) in [6, 6.07) is 0.833. The van der Waals surface area contributed by atoms with Gasteiger partial charge in [0.25, 0.3) is 0 Å². The molecule has 1 fully saturated rings. The Kier molecular flexibility index (Phi) is 3.42. The third kappa shape index (κ3) is 2.49. The first-order valence-electron chi connectivity index (χ1n) is 6.11.